The minimum absolute atomic E-state index is 0.109. The second-order valence-electron chi connectivity index (χ2n) is 7.68. The minimum atomic E-state index is -0.965. The summed E-state index contributed by atoms with van der Waals surface area (Å²) in [5, 5.41) is 0. The predicted molar refractivity (Wildman–Crippen MR) is 132 cm³/mol. The zero-order valence-corrected chi connectivity index (χ0v) is 20.4. The molecule has 0 saturated carbocycles. The van der Waals surface area contributed by atoms with Gasteiger partial charge in [-0.2, -0.15) is 0 Å². The van der Waals surface area contributed by atoms with E-state index in [4.69, 9.17) is 28.4 Å². The highest BCUT2D eigenvalue weighted by molar-refractivity contribution is 6.14. The number of fused-ring (bicyclic) bond motifs is 1. The van der Waals surface area contributed by atoms with Crippen LogP contribution in [-0.2, 0) is 9.53 Å². The van der Waals surface area contributed by atoms with E-state index in [9.17, 15) is 9.59 Å². The van der Waals surface area contributed by atoms with E-state index >= 15 is 0 Å². The zero-order valence-electron chi connectivity index (χ0n) is 20.4. The fourth-order valence-electron chi connectivity index (χ4n) is 3.85. The van der Waals surface area contributed by atoms with Crippen molar-refractivity contribution in [2.75, 3.05) is 27.9 Å². The number of benzene rings is 3. The third kappa shape index (κ3) is 4.84. The predicted octanol–water partition coefficient (Wildman–Crippen LogP) is 5.01. The Labute approximate surface area is 209 Å². The molecule has 0 fully saturated rings. The Bertz CT molecular complexity index is 1300. The van der Waals surface area contributed by atoms with E-state index in [1.54, 1.807) is 55.5 Å². The number of carbonyl (C=O) groups excluding carboxylic acids is 2. The maximum Gasteiger partial charge on any atom is 0.352 e. The lowest BCUT2D eigenvalue weighted by Crippen LogP contribution is -2.21. The summed E-state index contributed by atoms with van der Waals surface area (Å²) in [4.78, 5) is 25.6. The first kappa shape index (κ1) is 24.7. The standard InChI is InChI=1S/C28H26O8/c1-5-34-28(30)26(17-9-7-6-8-10-17)35-19-12-13-20-22(16-19)36-23(24(20)29)15-18-11-14-21(31-2)27(33-4)25(18)32-3/h6-16,26H,5H2,1-4H3/t26-/m0/s1. The Hall–Kier alpha value is -4.46. The molecule has 8 nitrogen and oxygen atoms in total. The van der Waals surface area contributed by atoms with Gasteiger partial charge in [-0.05, 0) is 37.3 Å². The molecule has 1 aliphatic heterocycles. The molecule has 0 aromatic heterocycles. The maximum atomic E-state index is 13.0. The summed E-state index contributed by atoms with van der Waals surface area (Å²) in [6.07, 6.45) is 0.613. The number of rotatable bonds is 9. The van der Waals surface area contributed by atoms with Crippen LogP contribution >= 0.6 is 0 Å². The third-order valence-corrected chi connectivity index (χ3v) is 5.52. The quantitative estimate of drug-likeness (QED) is 0.305. The molecular weight excluding hydrogens is 464 g/mol. The second-order valence-corrected chi connectivity index (χ2v) is 7.68. The van der Waals surface area contributed by atoms with Gasteiger partial charge in [0.15, 0.2) is 17.3 Å². The average molecular weight is 491 g/mol. The summed E-state index contributed by atoms with van der Waals surface area (Å²) < 4.78 is 33.3. The number of ether oxygens (including phenoxy) is 6. The average Bonchev–Trinajstić information content (AvgIpc) is 3.21. The lowest BCUT2D eigenvalue weighted by Gasteiger charge is -2.18. The van der Waals surface area contributed by atoms with Gasteiger partial charge >= 0.3 is 5.97 Å². The van der Waals surface area contributed by atoms with E-state index in [2.05, 4.69) is 0 Å². The van der Waals surface area contributed by atoms with E-state index < -0.39 is 12.1 Å². The molecule has 186 valence electrons. The smallest absolute Gasteiger partial charge is 0.352 e. The summed E-state index contributed by atoms with van der Waals surface area (Å²) in [6.45, 7) is 1.96. The van der Waals surface area contributed by atoms with Gasteiger partial charge in [0.05, 0.1) is 33.5 Å². The van der Waals surface area contributed by atoms with Crippen molar-refractivity contribution in [1.29, 1.82) is 0 Å². The van der Waals surface area contributed by atoms with E-state index in [-0.39, 0.29) is 18.1 Å². The van der Waals surface area contributed by atoms with Gasteiger partial charge in [0.2, 0.25) is 17.6 Å². The van der Waals surface area contributed by atoms with Crippen LogP contribution in [0.3, 0.4) is 0 Å². The SMILES string of the molecule is CCOC(=O)[C@@H](Oc1ccc2c(c1)OC(=Cc1ccc(OC)c(OC)c1OC)C2=O)c1ccccc1. The van der Waals surface area contributed by atoms with Crippen LogP contribution < -0.4 is 23.7 Å². The lowest BCUT2D eigenvalue weighted by molar-refractivity contribution is -0.151. The number of carbonyl (C=O) groups is 2. The largest absolute Gasteiger partial charge is 0.493 e. The summed E-state index contributed by atoms with van der Waals surface area (Å²) in [7, 11) is 4.53. The Morgan fingerprint density at radius 2 is 1.69 bits per heavy atom. The Morgan fingerprint density at radius 3 is 2.36 bits per heavy atom. The van der Waals surface area contributed by atoms with Crippen molar-refractivity contribution in [2.45, 2.75) is 13.0 Å². The second kappa shape index (κ2) is 10.9. The minimum Gasteiger partial charge on any atom is -0.493 e. The van der Waals surface area contributed by atoms with Crippen molar-refractivity contribution < 1.29 is 38.0 Å². The molecule has 0 bridgehead atoms. The fraction of sp³-hybridized carbons (Fsp3) is 0.214. The van der Waals surface area contributed by atoms with Gasteiger partial charge in [-0.1, -0.05) is 30.3 Å². The first-order chi connectivity index (χ1) is 17.5. The molecule has 8 heteroatoms. The molecule has 0 saturated heterocycles. The third-order valence-electron chi connectivity index (χ3n) is 5.52. The van der Waals surface area contributed by atoms with E-state index in [0.717, 1.165) is 0 Å². The van der Waals surface area contributed by atoms with Crippen molar-refractivity contribution in [3.63, 3.8) is 0 Å². The molecule has 3 aromatic carbocycles. The number of esters is 1. The summed E-state index contributed by atoms with van der Waals surface area (Å²) in [5.41, 5.74) is 1.60. The number of Topliss-reactive ketones (excluding diaryl/α,β-unsaturated/α-hetero) is 1. The number of methoxy groups -OCH3 is 3. The topological polar surface area (TPSA) is 89.5 Å². The Morgan fingerprint density at radius 1 is 0.944 bits per heavy atom. The van der Waals surface area contributed by atoms with E-state index in [1.165, 1.54) is 21.3 Å². The van der Waals surface area contributed by atoms with Crippen molar-refractivity contribution >= 4 is 17.8 Å². The van der Waals surface area contributed by atoms with Gasteiger partial charge in [-0.15, -0.1) is 0 Å². The molecule has 0 spiro atoms. The molecule has 0 N–H and O–H groups in total. The summed E-state index contributed by atoms with van der Waals surface area (Å²) in [6, 6.07) is 17.3. The van der Waals surface area contributed by atoms with Crippen LogP contribution in [0.1, 0.15) is 34.5 Å². The van der Waals surface area contributed by atoms with Crippen LogP contribution in [0, 0.1) is 0 Å². The van der Waals surface area contributed by atoms with Crippen LogP contribution in [0.2, 0.25) is 0 Å². The van der Waals surface area contributed by atoms with Crippen LogP contribution in [0.15, 0.2) is 66.4 Å². The number of ketones is 1. The molecule has 3 aromatic rings. The first-order valence-corrected chi connectivity index (χ1v) is 11.3. The van der Waals surface area contributed by atoms with Crippen LogP contribution in [-0.4, -0.2) is 39.7 Å². The molecule has 1 atom stereocenters. The van der Waals surface area contributed by atoms with E-state index in [0.29, 0.717) is 45.4 Å². The van der Waals surface area contributed by atoms with Gasteiger partial charge in [0.25, 0.3) is 0 Å². The van der Waals surface area contributed by atoms with Gasteiger partial charge in [0.1, 0.15) is 11.5 Å². The van der Waals surface area contributed by atoms with Gasteiger partial charge in [-0.25, -0.2) is 4.79 Å². The monoisotopic (exact) mass is 490 g/mol. The zero-order chi connectivity index (χ0) is 25.7. The van der Waals surface area contributed by atoms with Gasteiger partial charge < -0.3 is 28.4 Å². The molecule has 1 heterocycles. The van der Waals surface area contributed by atoms with Crippen molar-refractivity contribution in [1.82, 2.24) is 0 Å². The molecule has 0 aliphatic carbocycles. The molecule has 4 rings (SSSR count). The molecule has 36 heavy (non-hydrogen) atoms. The normalized spacial score (nSPS) is 14.0. The molecule has 0 amide bonds. The Balaban J connectivity index is 1.63. The molecular formula is C28H26O8. The fourth-order valence-corrected chi connectivity index (χ4v) is 3.85. The highest BCUT2D eigenvalue weighted by Gasteiger charge is 2.30. The number of allylic oxidation sites excluding steroid dienone is 1. The van der Waals surface area contributed by atoms with Crippen molar-refractivity contribution in [2.24, 2.45) is 0 Å². The van der Waals surface area contributed by atoms with Crippen LogP contribution in [0.5, 0.6) is 28.7 Å². The Kier molecular flexibility index (Phi) is 7.44. The van der Waals surface area contributed by atoms with E-state index in [1.807, 2.05) is 18.2 Å². The molecule has 1 aliphatic rings. The van der Waals surface area contributed by atoms with Crippen molar-refractivity contribution in [3.8, 4) is 28.7 Å². The van der Waals surface area contributed by atoms with Crippen molar-refractivity contribution in [3.05, 3.63) is 83.1 Å². The molecule has 0 radical (unpaired) electrons. The van der Waals surface area contributed by atoms with Gasteiger partial charge in [0, 0.05) is 17.2 Å². The highest BCUT2D eigenvalue weighted by atomic mass is 16.6. The highest BCUT2D eigenvalue weighted by Crippen LogP contribution is 2.42. The number of hydrogen-bond donors (Lipinski definition) is 0. The maximum absolute atomic E-state index is 13.0. The van der Waals surface area contributed by atoms with Crippen LogP contribution in [0.25, 0.3) is 6.08 Å². The molecule has 0 unspecified atom stereocenters. The number of hydrogen-bond acceptors (Lipinski definition) is 8. The lowest BCUT2D eigenvalue weighted by atomic mass is 10.1. The first-order valence-electron chi connectivity index (χ1n) is 11.3. The van der Waals surface area contributed by atoms with Gasteiger partial charge in [-0.3, -0.25) is 4.79 Å². The summed E-state index contributed by atoms with van der Waals surface area (Å²) in [5.74, 6) is 1.28. The summed E-state index contributed by atoms with van der Waals surface area (Å²) >= 11 is 0. The van der Waals surface area contributed by atoms with Crippen LogP contribution in [0.4, 0.5) is 0 Å².